The number of rotatable bonds is 4. The largest absolute Gasteiger partial charge is 0.478 e. The van der Waals surface area contributed by atoms with Crippen molar-refractivity contribution in [1.29, 1.82) is 0 Å². The first kappa shape index (κ1) is 11.8. The molecule has 0 radical (unpaired) electrons. The van der Waals surface area contributed by atoms with Gasteiger partial charge in [0.1, 0.15) is 17.2 Å². The Bertz CT molecular complexity index is 419. The minimum atomic E-state index is -1.20. The third-order valence-corrected chi connectivity index (χ3v) is 2.61. The lowest BCUT2D eigenvalue weighted by Gasteiger charge is -2.12. The molecule has 0 bridgehead atoms. The number of hydrogen-bond donors (Lipinski definition) is 2. The fraction of sp³-hybridized carbons (Fsp3) is 0.455. The summed E-state index contributed by atoms with van der Waals surface area (Å²) in [4.78, 5) is 14.6. The zero-order valence-electron chi connectivity index (χ0n) is 9.15. The van der Waals surface area contributed by atoms with E-state index in [2.05, 4.69) is 10.3 Å². The topological polar surface area (TPSA) is 71.5 Å². The molecule has 1 atom stereocenters. The highest BCUT2D eigenvalue weighted by molar-refractivity contribution is 5.93. The molecule has 0 spiro atoms. The van der Waals surface area contributed by atoms with Crippen LogP contribution in [0.4, 0.5) is 10.2 Å². The number of carboxylic acids is 1. The van der Waals surface area contributed by atoms with Gasteiger partial charge in [-0.05, 0) is 18.9 Å². The Hall–Kier alpha value is -1.69. The lowest BCUT2D eigenvalue weighted by Crippen LogP contribution is -2.20. The summed E-state index contributed by atoms with van der Waals surface area (Å²) in [6.45, 7) is 1.22. The second-order valence-corrected chi connectivity index (χ2v) is 3.87. The number of pyridine rings is 1. The molecule has 2 rings (SSSR count). The average molecular weight is 240 g/mol. The molecule has 1 unspecified atom stereocenters. The number of aromatic carboxylic acids is 1. The van der Waals surface area contributed by atoms with Gasteiger partial charge >= 0.3 is 5.97 Å². The van der Waals surface area contributed by atoms with Crippen LogP contribution in [-0.4, -0.2) is 35.3 Å². The van der Waals surface area contributed by atoms with E-state index < -0.39 is 11.8 Å². The van der Waals surface area contributed by atoms with E-state index in [0.29, 0.717) is 6.54 Å². The summed E-state index contributed by atoms with van der Waals surface area (Å²) in [6, 6.07) is 0.952. The van der Waals surface area contributed by atoms with E-state index in [4.69, 9.17) is 9.84 Å². The van der Waals surface area contributed by atoms with Crippen molar-refractivity contribution in [2.45, 2.75) is 18.9 Å². The summed E-state index contributed by atoms with van der Waals surface area (Å²) in [6.07, 6.45) is 3.01. The van der Waals surface area contributed by atoms with Gasteiger partial charge in [-0.3, -0.25) is 0 Å². The molecule has 1 saturated heterocycles. The molecule has 0 aromatic carbocycles. The quantitative estimate of drug-likeness (QED) is 0.834. The standard InChI is InChI=1S/C11H13FN2O3/c12-7-4-9(11(15)16)10(13-5-7)14-6-8-2-1-3-17-8/h4-5,8H,1-3,6H2,(H,13,14)(H,15,16). The fourth-order valence-electron chi connectivity index (χ4n) is 1.76. The molecule has 1 aromatic rings. The van der Waals surface area contributed by atoms with Crippen LogP contribution in [0.5, 0.6) is 0 Å². The van der Waals surface area contributed by atoms with Crippen LogP contribution in [0.2, 0.25) is 0 Å². The molecule has 1 aromatic heterocycles. The van der Waals surface area contributed by atoms with Crippen LogP contribution in [0.15, 0.2) is 12.3 Å². The van der Waals surface area contributed by atoms with Crippen LogP contribution in [0.25, 0.3) is 0 Å². The summed E-state index contributed by atoms with van der Waals surface area (Å²) in [5, 5.41) is 11.8. The number of aromatic nitrogens is 1. The van der Waals surface area contributed by atoms with Crippen LogP contribution in [0, 0.1) is 5.82 Å². The number of carboxylic acid groups (broad SMARTS) is 1. The van der Waals surface area contributed by atoms with Gasteiger partial charge in [0, 0.05) is 13.2 Å². The number of nitrogens with zero attached hydrogens (tertiary/aromatic N) is 1. The zero-order valence-corrected chi connectivity index (χ0v) is 9.15. The van der Waals surface area contributed by atoms with Gasteiger partial charge in [0.2, 0.25) is 0 Å². The zero-order chi connectivity index (χ0) is 12.3. The molecule has 0 aliphatic carbocycles. The van der Waals surface area contributed by atoms with Crippen molar-refractivity contribution in [2.24, 2.45) is 0 Å². The smallest absolute Gasteiger partial charge is 0.339 e. The molecule has 1 fully saturated rings. The Morgan fingerprint density at radius 1 is 1.71 bits per heavy atom. The van der Waals surface area contributed by atoms with Crippen molar-refractivity contribution in [3.05, 3.63) is 23.6 Å². The molecule has 0 saturated carbocycles. The first-order valence-corrected chi connectivity index (χ1v) is 5.41. The molecule has 1 aliphatic rings. The monoisotopic (exact) mass is 240 g/mol. The van der Waals surface area contributed by atoms with E-state index in [-0.39, 0.29) is 17.5 Å². The maximum atomic E-state index is 12.9. The molecule has 2 N–H and O–H groups in total. The van der Waals surface area contributed by atoms with Gasteiger partial charge in [-0.2, -0.15) is 0 Å². The second-order valence-electron chi connectivity index (χ2n) is 3.87. The number of halogens is 1. The van der Waals surface area contributed by atoms with E-state index in [0.717, 1.165) is 31.7 Å². The number of carbonyl (C=O) groups is 1. The molecule has 1 aliphatic heterocycles. The molecule has 5 nitrogen and oxygen atoms in total. The summed E-state index contributed by atoms with van der Waals surface area (Å²) < 4.78 is 18.3. The predicted molar refractivity (Wildman–Crippen MR) is 58.6 cm³/mol. The summed E-state index contributed by atoms with van der Waals surface area (Å²) in [5.41, 5.74) is -0.164. The van der Waals surface area contributed by atoms with E-state index in [9.17, 15) is 9.18 Å². The van der Waals surface area contributed by atoms with Crippen molar-refractivity contribution in [3.8, 4) is 0 Å². The molecule has 2 heterocycles. The molecule has 92 valence electrons. The Labute approximate surface area is 97.6 Å². The van der Waals surface area contributed by atoms with Crippen LogP contribution in [-0.2, 0) is 4.74 Å². The maximum absolute atomic E-state index is 12.9. The second kappa shape index (κ2) is 5.09. The van der Waals surface area contributed by atoms with Gasteiger partial charge in [-0.1, -0.05) is 0 Å². The highest BCUT2D eigenvalue weighted by atomic mass is 19.1. The first-order valence-electron chi connectivity index (χ1n) is 5.41. The van der Waals surface area contributed by atoms with Gasteiger partial charge in [0.05, 0.1) is 12.3 Å². The van der Waals surface area contributed by atoms with Gasteiger partial charge in [-0.15, -0.1) is 0 Å². The maximum Gasteiger partial charge on any atom is 0.339 e. The van der Waals surface area contributed by atoms with Crippen molar-refractivity contribution < 1.29 is 19.0 Å². The first-order chi connectivity index (χ1) is 8.16. The highest BCUT2D eigenvalue weighted by Crippen LogP contribution is 2.16. The Kier molecular flexibility index (Phi) is 3.53. The number of hydrogen-bond acceptors (Lipinski definition) is 4. The van der Waals surface area contributed by atoms with Crippen molar-refractivity contribution >= 4 is 11.8 Å². The third kappa shape index (κ3) is 2.91. The van der Waals surface area contributed by atoms with E-state index in [1.807, 2.05) is 0 Å². The van der Waals surface area contributed by atoms with Crippen LogP contribution in [0.1, 0.15) is 23.2 Å². The Morgan fingerprint density at radius 3 is 3.18 bits per heavy atom. The van der Waals surface area contributed by atoms with Crippen LogP contribution < -0.4 is 5.32 Å². The van der Waals surface area contributed by atoms with Gasteiger partial charge in [0.15, 0.2) is 0 Å². The van der Waals surface area contributed by atoms with Gasteiger partial charge in [-0.25, -0.2) is 14.2 Å². The van der Waals surface area contributed by atoms with Gasteiger partial charge in [0.25, 0.3) is 0 Å². The van der Waals surface area contributed by atoms with Crippen LogP contribution >= 0.6 is 0 Å². The summed E-state index contributed by atoms with van der Waals surface area (Å²) in [7, 11) is 0. The molecular weight excluding hydrogens is 227 g/mol. The average Bonchev–Trinajstić information content (AvgIpc) is 2.80. The predicted octanol–water partition coefficient (Wildman–Crippen LogP) is 1.51. The van der Waals surface area contributed by atoms with Gasteiger partial charge < -0.3 is 15.2 Å². The molecule has 6 heteroatoms. The molecule has 0 amide bonds. The van der Waals surface area contributed by atoms with E-state index in [1.54, 1.807) is 0 Å². The minimum Gasteiger partial charge on any atom is -0.478 e. The fourth-order valence-corrected chi connectivity index (χ4v) is 1.76. The highest BCUT2D eigenvalue weighted by Gasteiger charge is 2.17. The third-order valence-electron chi connectivity index (χ3n) is 2.61. The molecule has 17 heavy (non-hydrogen) atoms. The summed E-state index contributed by atoms with van der Waals surface area (Å²) in [5.74, 6) is -1.69. The van der Waals surface area contributed by atoms with E-state index >= 15 is 0 Å². The van der Waals surface area contributed by atoms with Crippen LogP contribution in [0.3, 0.4) is 0 Å². The minimum absolute atomic E-state index is 0.0727. The lowest BCUT2D eigenvalue weighted by atomic mass is 10.2. The Balaban J connectivity index is 2.06. The number of nitrogens with one attached hydrogen (secondary N) is 1. The molecular formula is C11H13FN2O3. The lowest BCUT2D eigenvalue weighted by molar-refractivity contribution is 0.0696. The SMILES string of the molecule is O=C(O)c1cc(F)cnc1NCC1CCCO1. The van der Waals surface area contributed by atoms with Crippen molar-refractivity contribution in [2.75, 3.05) is 18.5 Å². The number of ether oxygens (including phenoxy) is 1. The normalized spacial score (nSPS) is 19.2. The van der Waals surface area contributed by atoms with Crippen molar-refractivity contribution in [1.82, 2.24) is 4.98 Å². The Morgan fingerprint density at radius 2 is 2.53 bits per heavy atom. The van der Waals surface area contributed by atoms with E-state index in [1.165, 1.54) is 0 Å². The summed E-state index contributed by atoms with van der Waals surface area (Å²) >= 11 is 0. The van der Waals surface area contributed by atoms with Crippen molar-refractivity contribution in [3.63, 3.8) is 0 Å². The number of anilines is 1.